The van der Waals surface area contributed by atoms with E-state index in [0.717, 1.165) is 6.42 Å². The van der Waals surface area contributed by atoms with Gasteiger partial charge >= 0.3 is 0 Å². The lowest BCUT2D eigenvalue weighted by molar-refractivity contribution is 0.339. The minimum atomic E-state index is -3.36. The maximum Gasteiger partial charge on any atom is 0.243 e. The van der Waals surface area contributed by atoms with Gasteiger partial charge in [-0.3, -0.25) is 5.10 Å². The van der Waals surface area contributed by atoms with E-state index < -0.39 is 10.0 Å². The van der Waals surface area contributed by atoms with Crippen LogP contribution in [0.4, 0.5) is 0 Å². The topological polar surface area (TPSA) is 74.8 Å². The molecule has 1 aliphatic rings. The average Bonchev–Trinajstić information content (AvgIpc) is 2.84. The second-order valence-corrected chi connectivity index (χ2v) is 6.39. The van der Waals surface area contributed by atoms with Crippen molar-refractivity contribution >= 4 is 10.0 Å². The lowest BCUT2D eigenvalue weighted by Gasteiger charge is -2.21. The van der Waals surface area contributed by atoms with E-state index in [1.54, 1.807) is 0 Å². The lowest BCUT2D eigenvalue weighted by atomic mass is 9.87. The van der Waals surface area contributed by atoms with Gasteiger partial charge in [0.05, 0.1) is 6.20 Å². The standard InChI is InChI=1S/C11H19N3O2S/c15-17(16,11-8-12-13-9-11)14-7-6-10-4-2-1-3-5-10/h8-10,14H,1-7H2,(H,12,13). The van der Waals surface area contributed by atoms with Crippen LogP contribution in [0.2, 0.25) is 0 Å². The van der Waals surface area contributed by atoms with Crippen LogP contribution in [0.1, 0.15) is 38.5 Å². The number of hydrogen-bond acceptors (Lipinski definition) is 3. The van der Waals surface area contributed by atoms with Crippen LogP contribution in [-0.2, 0) is 10.0 Å². The molecule has 0 amide bonds. The van der Waals surface area contributed by atoms with Crippen LogP contribution in [0.15, 0.2) is 17.3 Å². The second kappa shape index (κ2) is 5.64. The summed E-state index contributed by atoms with van der Waals surface area (Å²) in [7, 11) is -3.36. The highest BCUT2D eigenvalue weighted by atomic mass is 32.2. The van der Waals surface area contributed by atoms with Gasteiger partial charge in [-0.1, -0.05) is 32.1 Å². The Balaban J connectivity index is 1.78. The molecule has 0 atom stereocenters. The highest BCUT2D eigenvalue weighted by Crippen LogP contribution is 2.25. The summed E-state index contributed by atoms with van der Waals surface area (Å²) < 4.78 is 26.1. The van der Waals surface area contributed by atoms with Gasteiger partial charge in [-0.25, -0.2) is 13.1 Å². The Morgan fingerprint density at radius 3 is 2.76 bits per heavy atom. The van der Waals surface area contributed by atoms with E-state index in [2.05, 4.69) is 14.9 Å². The predicted octanol–water partition coefficient (Wildman–Crippen LogP) is 1.66. The third-order valence-electron chi connectivity index (χ3n) is 3.35. The van der Waals surface area contributed by atoms with Crippen molar-refractivity contribution in [1.82, 2.24) is 14.9 Å². The molecule has 0 aromatic carbocycles. The quantitative estimate of drug-likeness (QED) is 0.842. The predicted molar refractivity (Wildman–Crippen MR) is 65.0 cm³/mol. The Morgan fingerprint density at radius 1 is 1.35 bits per heavy atom. The zero-order valence-corrected chi connectivity index (χ0v) is 10.7. The highest BCUT2D eigenvalue weighted by Gasteiger charge is 2.17. The van der Waals surface area contributed by atoms with Crippen LogP contribution >= 0.6 is 0 Å². The molecule has 1 heterocycles. The van der Waals surface area contributed by atoms with Crippen LogP contribution < -0.4 is 4.72 Å². The first-order valence-electron chi connectivity index (χ1n) is 6.17. The van der Waals surface area contributed by atoms with Crippen molar-refractivity contribution in [3.8, 4) is 0 Å². The summed E-state index contributed by atoms with van der Waals surface area (Å²) in [5.41, 5.74) is 0. The number of nitrogens with zero attached hydrogens (tertiary/aromatic N) is 1. The maximum absolute atomic E-state index is 11.8. The molecule has 6 heteroatoms. The van der Waals surface area contributed by atoms with Crippen molar-refractivity contribution in [3.05, 3.63) is 12.4 Å². The minimum absolute atomic E-state index is 0.209. The molecule has 0 unspecified atom stereocenters. The lowest BCUT2D eigenvalue weighted by Crippen LogP contribution is -2.26. The van der Waals surface area contributed by atoms with Crippen LogP contribution in [0.3, 0.4) is 0 Å². The highest BCUT2D eigenvalue weighted by molar-refractivity contribution is 7.89. The molecule has 5 nitrogen and oxygen atoms in total. The zero-order chi connectivity index (χ0) is 12.1. The molecule has 1 fully saturated rings. The summed E-state index contributed by atoms with van der Waals surface area (Å²) in [6.45, 7) is 0.526. The normalized spacial score (nSPS) is 18.4. The molecule has 0 aliphatic heterocycles. The van der Waals surface area contributed by atoms with Crippen molar-refractivity contribution < 1.29 is 8.42 Å². The van der Waals surface area contributed by atoms with E-state index >= 15 is 0 Å². The van der Waals surface area contributed by atoms with Crippen molar-refractivity contribution in [1.29, 1.82) is 0 Å². The third kappa shape index (κ3) is 3.54. The summed E-state index contributed by atoms with van der Waals surface area (Å²) >= 11 is 0. The second-order valence-electron chi connectivity index (χ2n) is 4.62. The summed E-state index contributed by atoms with van der Waals surface area (Å²) in [6, 6.07) is 0. The minimum Gasteiger partial charge on any atom is -0.284 e. The van der Waals surface area contributed by atoms with Crippen LogP contribution in [0.5, 0.6) is 0 Å². The monoisotopic (exact) mass is 257 g/mol. The van der Waals surface area contributed by atoms with E-state index in [1.807, 2.05) is 0 Å². The molecule has 2 N–H and O–H groups in total. The van der Waals surface area contributed by atoms with Gasteiger partial charge in [0.25, 0.3) is 0 Å². The van der Waals surface area contributed by atoms with E-state index in [1.165, 1.54) is 44.5 Å². The third-order valence-corrected chi connectivity index (χ3v) is 4.78. The number of rotatable bonds is 5. The van der Waals surface area contributed by atoms with E-state index in [9.17, 15) is 8.42 Å². The molecule has 1 aromatic heterocycles. The number of H-pyrrole nitrogens is 1. The van der Waals surface area contributed by atoms with Crippen LogP contribution in [0, 0.1) is 5.92 Å². The van der Waals surface area contributed by atoms with Crippen molar-refractivity contribution in [3.63, 3.8) is 0 Å². The molecule has 0 radical (unpaired) electrons. The fourth-order valence-corrected chi connectivity index (χ4v) is 3.30. The Hall–Kier alpha value is -0.880. The fraction of sp³-hybridized carbons (Fsp3) is 0.727. The molecule has 1 aliphatic carbocycles. The Bertz CT molecular complexity index is 422. The first-order valence-corrected chi connectivity index (χ1v) is 7.65. The van der Waals surface area contributed by atoms with Crippen LogP contribution in [0.25, 0.3) is 0 Å². The molecular formula is C11H19N3O2S. The SMILES string of the molecule is O=S(=O)(NCCC1CCCCC1)c1cn[nH]c1. The van der Waals surface area contributed by atoms with Crippen molar-refractivity contribution in [2.75, 3.05) is 6.54 Å². The van der Waals surface area contributed by atoms with Crippen LogP contribution in [-0.4, -0.2) is 25.2 Å². The Morgan fingerprint density at radius 2 is 2.12 bits per heavy atom. The molecule has 0 spiro atoms. The zero-order valence-electron chi connectivity index (χ0n) is 9.85. The number of aromatic nitrogens is 2. The number of nitrogens with one attached hydrogen (secondary N) is 2. The van der Waals surface area contributed by atoms with Gasteiger partial charge in [-0.05, 0) is 12.3 Å². The molecule has 1 aromatic rings. The van der Waals surface area contributed by atoms with E-state index in [4.69, 9.17) is 0 Å². The largest absolute Gasteiger partial charge is 0.284 e. The molecule has 1 saturated carbocycles. The average molecular weight is 257 g/mol. The molecule has 0 saturated heterocycles. The Kier molecular flexibility index (Phi) is 4.17. The maximum atomic E-state index is 11.8. The summed E-state index contributed by atoms with van der Waals surface area (Å²) in [5.74, 6) is 0.691. The molecule has 17 heavy (non-hydrogen) atoms. The molecule has 96 valence electrons. The van der Waals surface area contributed by atoms with Crippen molar-refractivity contribution in [2.24, 2.45) is 5.92 Å². The van der Waals surface area contributed by atoms with Gasteiger partial charge in [-0.15, -0.1) is 0 Å². The summed E-state index contributed by atoms with van der Waals surface area (Å²) in [5, 5.41) is 6.15. The fourth-order valence-electron chi connectivity index (χ4n) is 2.34. The number of sulfonamides is 1. The van der Waals surface area contributed by atoms with Gasteiger partial charge < -0.3 is 0 Å². The Labute approximate surface area is 102 Å². The molecule has 2 rings (SSSR count). The number of hydrogen-bond donors (Lipinski definition) is 2. The van der Waals surface area contributed by atoms with Crippen molar-refractivity contribution in [2.45, 2.75) is 43.4 Å². The first-order chi connectivity index (χ1) is 8.18. The van der Waals surface area contributed by atoms with Gasteiger partial charge in [0.15, 0.2) is 0 Å². The number of aromatic amines is 1. The molecule has 0 bridgehead atoms. The van der Waals surface area contributed by atoms with E-state index in [-0.39, 0.29) is 4.90 Å². The smallest absolute Gasteiger partial charge is 0.243 e. The summed E-state index contributed by atoms with van der Waals surface area (Å²) in [4.78, 5) is 0.209. The van der Waals surface area contributed by atoms with Gasteiger partial charge in [0, 0.05) is 12.7 Å². The van der Waals surface area contributed by atoms with Gasteiger partial charge in [-0.2, -0.15) is 5.10 Å². The summed E-state index contributed by atoms with van der Waals surface area (Å²) in [6.07, 6.45) is 10.1. The van der Waals surface area contributed by atoms with Gasteiger partial charge in [0.2, 0.25) is 10.0 Å². The van der Waals surface area contributed by atoms with Gasteiger partial charge in [0.1, 0.15) is 4.90 Å². The first kappa shape index (κ1) is 12.6. The molecular weight excluding hydrogens is 238 g/mol. The van der Waals surface area contributed by atoms with E-state index in [0.29, 0.717) is 12.5 Å².